The summed E-state index contributed by atoms with van der Waals surface area (Å²) in [5, 5.41) is 12.5. The number of aliphatic carboxylic acids is 1. The van der Waals surface area contributed by atoms with Gasteiger partial charge < -0.3 is 15.2 Å². The molecule has 0 spiro atoms. The van der Waals surface area contributed by atoms with Gasteiger partial charge in [0, 0.05) is 4.88 Å². The van der Waals surface area contributed by atoms with Crippen LogP contribution in [0.4, 0.5) is 5.00 Å². The molecular formula is C17H21NO5S. The average Bonchev–Trinajstić information content (AvgIpc) is 2.88. The summed E-state index contributed by atoms with van der Waals surface area (Å²) < 4.78 is 4.83. The van der Waals surface area contributed by atoms with Crippen molar-refractivity contribution >= 4 is 34.2 Å². The van der Waals surface area contributed by atoms with Gasteiger partial charge >= 0.3 is 11.9 Å². The molecule has 24 heavy (non-hydrogen) atoms. The van der Waals surface area contributed by atoms with Gasteiger partial charge in [0.15, 0.2) is 0 Å². The number of esters is 1. The zero-order valence-electron chi connectivity index (χ0n) is 13.9. The molecular weight excluding hydrogens is 330 g/mol. The van der Waals surface area contributed by atoms with E-state index in [0.717, 1.165) is 10.4 Å². The van der Waals surface area contributed by atoms with E-state index in [9.17, 15) is 19.5 Å². The van der Waals surface area contributed by atoms with Crippen molar-refractivity contribution in [3.8, 4) is 0 Å². The Kier molecular flexibility index (Phi) is 5.77. The predicted octanol–water partition coefficient (Wildman–Crippen LogP) is 3.01. The van der Waals surface area contributed by atoms with Gasteiger partial charge in [0.2, 0.25) is 5.91 Å². The molecule has 1 aliphatic rings. The molecule has 1 aromatic rings. The highest BCUT2D eigenvalue weighted by Crippen LogP contribution is 2.35. The van der Waals surface area contributed by atoms with Crippen LogP contribution in [-0.2, 0) is 20.7 Å². The van der Waals surface area contributed by atoms with Gasteiger partial charge in [-0.05, 0) is 31.7 Å². The van der Waals surface area contributed by atoms with Gasteiger partial charge in [-0.2, -0.15) is 0 Å². The molecule has 130 valence electrons. The quantitative estimate of drug-likeness (QED) is 0.628. The van der Waals surface area contributed by atoms with E-state index in [2.05, 4.69) is 5.32 Å². The Hall–Kier alpha value is -2.15. The molecule has 0 saturated carbocycles. The summed E-state index contributed by atoms with van der Waals surface area (Å²) in [5.74, 6) is -3.25. The lowest BCUT2D eigenvalue weighted by atomic mass is 9.82. The van der Waals surface area contributed by atoms with E-state index in [1.54, 1.807) is 6.08 Å². The maximum absolute atomic E-state index is 12.6. The topological polar surface area (TPSA) is 92.7 Å². The van der Waals surface area contributed by atoms with Crippen molar-refractivity contribution in [2.45, 2.75) is 33.1 Å². The second-order valence-corrected chi connectivity index (χ2v) is 6.89. The molecule has 6 nitrogen and oxygen atoms in total. The largest absolute Gasteiger partial charge is 0.481 e. The van der Waals surface area contributed by atoms with Crippen LogP contribution in [0.25, 0.3) is 0 Å². The van der Waals surface area contributed by atoms with Crippen LogP contribution in [0.3, 0.4) is 0 Å². The van der Waals surface area contributed by atoms with E-state index in [4.69, 9.17) is 4.74 Å². The maximum atomic E-state index is 12.6. The number of carboxylic acids is 1. The Morgan fingerprint density at radius 1 is 1.29 bits per heavy atom. The third-order valence-corrected chi connectivity index (χ3v) is 5.34. The number of ether oxygens (including phenoxy) is 1. The smallest absolute Gasteiger partial charge is 0.341 e. The van der Waals surface area contributed by atoms with Gasteiger partial charge in [-0.15, -0.1) is 11.3 Å². The summed E-state index contributed by atoms with van der Waals surface area (Å²) in [6.07, 6.45) is 4.96. The van der Waals surface area contributed by atoms with Crippen LogP contribution < -0.4 is 5.32 Å². The molecule has 1 aromatic heterocycles. The molecule has 1 amide bonds. The summed E-state index contributed by atoms with van der Waals surface area (Å²) >= 11 is 1.31. The summed E-state index contributed by atoms with van der Waals surface area (Å²) in [4.78, 5) is 37.0. The molecule has 2 N–H and O–H groups in total. The number of hydrogen-bond acceptors (Lipinski definition) is 5. The minimum absolute atomic E-state index is 0.334. The van der Waals surface area contributed by atoms with Crippen molar-refractivity contribution < 1.29 is 24.2 Å². The predicted molar refractivity (Wildman–Crippen MR) is 91.4 cm³/mol. The summed E-state index contributed by atoms with van der Waals surface area (Å²) in [6, 6.07) is 0. The number of carbonyl (C=O) groups is 3. The van der Waals surface area contributed by atoms with Gasteiger partial charge in [-0.25, -0.2) is 4.79 Å². The molecule has 1 aliphatic carbocycles. The van der Waals surface area contributed by atoms with Gasteiger partial charge in [0.05, 0.1) is 24.5 Å². The minimum atomic E-state index is -0.982. The first kappa shape index (κ1) is 18.2. The molecule has 2 rings (SSSR count). The van der Waals surface area contributed by atoms with Crippen LogP contribution in [0.15, 0.2) is 12.2 Å². The number of rotatable bonds is 5. The first-order valence-corrected chi connectivity index (χ1v) is 8.61. The molecule has 2 unspecified atom stereocenters. The number of anilines is 1. The van der Waals surface area contributed by atoms with E-state index >= 15 is 0 Å². The molecule has 0 saturated heterocycles. The maximum Gasteiger partial charge on any atom is 0.341 e. The lowest BCUT2D eigenvalue weighted by Gasteiger charge is -2.24. The van der Waals surface area contributed by atoms with Gasteiger partial charge in [-0.3, -0.25) is 9.59 Å². The fraction of sp³-hybridized carbons (Fsp3) is 0.471. The molecule has 0 radical (unpaired) electrons. The van der Waals surface area contributed by atoms with Crippen LogP contribution in [0.2, 0.25) is 0 Å². The summed E-state index contributed by atoms with van der Waals surface area (Å²) in [5.41, 5.74) is 1.22. The average molecular weight is 351 g/mol. The first-order valence-electron chi connectivity index (χ1n) is 7.79. The lowest BCUT2D eigenvalue weighted by molar-refractivity contribution is -0.146. The monoisotopic (exact) mass is 351 g/mol. The molecule has 0 bridgehead atoms. The zero-order valence-corrected chi connectivity index (χ0v) is 14.7. The van der Waals surface area contributed by atoms with Crippen molar-refractivity contribution in [3.63, 3.8) is 0 Å². The highest BCUT2D eigenvalue weighted by molar-refractivity contribution is 7.16. The van der Waals surface area contributed by atoms with E-state index in [-0.39, 0.29) is 5.91 Å². The number of nitrogens with one attached hydrogen (secondary N) is 1. The van der Waals surface area contributed by atoms with Gasteiger partial charge in [-0.1, -0.05) is 19.1 Å². The van der Waals surface area contributed by atoms with E-state index < -0.39 is 23.8 Å². The van der Waals surface area contributed by atoms with Gasteiger partial charge in [0.1, 0.15) is 5.00 Å². The Labute approximate surface area is 144 Å². The van der Waals surface area contributed by atoms with E-state index in [1.165, 1.54) is 18.4 Å². The zero-order chi connectivity index (χ0) is 17.9. The van der Waals surface area contributed by atoms with E-state index in [0.29, 0.717) is 29.8 Å². The first-order chi connectivity index (χ1) is 11.4. The second-order valence-electron chi connectivity index (χ2n) is 5.67. The van der Waals surface area contributed by atoms with Crippen molar-refractivity contribution in [1.29, 1.82) is 0 Å². The summed E-state index contributed by atoms with van der Waals surface area (Å²) in [6.45, 7) is 3.81. The Bertz CT molecular complexity index is 691. The number of aryl methyl sites for hydroxylation is 1. The third kappa shape index (κ3) is 3.51. The molecule has 1 heterocycles. The van der Waals surface area contributed by atoms with Crippen LogP contribution >= 0.6 is 11.3 Å². The Morgan fingerprint density at radius 2 is 1.92 bits per heavy atom. The number of amides is 1. The Morgan fingerprint density at radius 3 is 2.46 bits per heavy atom. The van der Waals surface area contributed by atoms with Crippen molar-refractivity contribution in [3.05, 3.63) is 28.2 Å². The van der Waals surface area contributed by atoms with Crippen LogP contribution in [0.5, 0.6) is 0 Å². The highest BCUT2D eigenvalue weighted by atomic mass is 32.1. The van der Waals surface area contributed by atoms with Crippen molar-refractivity contribution in [1.82, 2.24) is 0 Å². The SMILES string of the molecule is CCc1c(C)sc(NC(=O)C2CC=CCC2C(=O)O)c1C(=O)OC. The van der Waals surface area contributed by atoms with Crippen molar-refractivity contribution in [2.75, 3.05) is 12.4 Å². The highest BCUT2D eigenvalue weighted by Gasteiger charge is 2.35. The fourth-order valence-electron chi connectivity index (χ4n) is 2.99. The number of carboxylic acid groups (broad SMARTS) is 1. The number of allylic oxidation sites excluding steroid dienone is 2. The lowest BCUT2D eigenvalue weighted by Crippen LogP contribution is -2.34. The van der Waals surface area contributed by atoms with Crippen molar-refractivity contribution in [2.24, 2.45) is 11.8 Å². The number of methoxy groups -OCH3 is 1. The molecule has 0 aromatic carbocycles. The third-order valence-electron chi connectivity index (χ3n) is 4.28. The van der Waals surface area contributed by atoms with E-state index in [1.807, 2.05) is 19.9 Å². The van der Waals surface area contributed by atoms with Crippen LogP contribution in [0.1, 0.15) is 40.6 Å². The number of thiophene rings is 1. The molecule has 2 atom stereocenters. The molecule has 7 heteroatoms. The fourth-order valence-corrected chi connectivity index (χ4v) is 4.13. The molecule has 0 aliphatic heterocycles. The van der Waals surface area contributed by atoms with Gasteiger partial charge in [0.25, 0.3) is 0 Å². The van der Waals surface area contributed by atoms with Crippen LogP contribution in [0, 0.1) is 18.8 Å². The van der Waals surface area contributed by atoms with Crippen LogP contribution in [-0.4, -0.2) is 30.1 Å². The molecule has 0 fully saturated rings. The summed E-state index contributed by atoms with van der Waals surface area (Å²) in [7, 11) is 1.30. The number of carbonyl (C=O) groups excluding carboxylic acids is 2. The normalized spacial score (nSPS) is 19.8. The number of hydrogen-bond donors (Lipinski definition) is 2. The standard InChI is InChI=1S/C17H21NO5S/c1-4-10-9(2)24-15(13(10)17(22)23-3)18-14(19)11-7-5-6-8-12(11)16(20)21/h5-6,11-12H,4,7-8H2,1-3H3,(H,18,19)(H,20,21). The minimum Gasteiger partial charge on any atom is -0.481 e. The Balaban J connectivity index is 2.30. The second kappa shape index (κ2) is 7.61.